The molecule has 0 fully saturated rings. The monoisotopic (exact) mass is 258 g/mol. The highest BCUT2D eigenvalue weighted by atomic mass is 35.5. The van der Waals surface area contributed by atoms with Gasteiger partial charge >= 0.3 is 0 Å². The van der Waals surface area contributed by atoms with E-state index in [2.05, 4.69) is 0 Å². The first kappa shape index (κ1) is 12.8. The van der Waals surface area contributed by atoms with Crippen LogP contribution in [0.3, 0.4) is 0 Å². The minimum absolute atomic E-state index is 0.0135. The van der Waals surface area contributed by atoms with Crippen LogP contribution in [0.5, 0.6) is 0 Å². The molecular formula is C16H15ClO. The standard InChI is InChI=1S/C16H15ClO/c1-11(2)16(18)14-7-3-5-12(9-14)13-6-4-8-15(17)10-13/h3-11H,1-2H3. The number of carbonyl (C=O) groups excluding carboxylic acids is 1. The molecule has 0 atom stereocenters. The molecule has 0 saturated carbocycles. The summed E-state index contributed by atoms with van der Waals surface area (Å²) in [6, 6.07) is 15.3. The second-order valence-electron chi connectivity index (χ2n) is 4.61. The molecule has 0 aliphatic carbocycles. The van der Waals surface area contributed by atoms with Crippen molar-refractivity contribution in [1.29, 1.82) is 0 Å². The number of ketones is 1. The summed E-state index contributed by atoms with van der Waals surface area (Å²) < 4.78 is 0. The molecule has 18 heavy (non-hydrogen) atoms. The summed E-state index contributed by atoms with van der Waals surface area (Å²) in [4.78, 5) is 12.0. The van der Waals surface area contributed by atoms with Gasteiger partial charge in [-0.3, -0.25) is 4.79 Å². The first-order chi connectivity index (χ1) is 8.58. The molecule has 0 amide bonds. The minimum atomic E-state index is 0.0135. The lowest BCUT2D eigenvalue weighted by molar-refractivity contribution is 0.0939. The zero-order chi connectivity index (χ0) is 13.1. The fraction of sp³-hybridized carbons (Fsp3) is 0.188. The molecule has 2 aromatic carbocycles. The summed E-state index contributed by atoms with van der Waals surface area (Å²) in [5.41, 5.74) is 2.80. The van der Waals surface area contributed by atoms with Gasteiger partial charge in [0.2, 0.25) is 0 Å². The average Bonchev–Trinajstić information content (AvgIpc) is 2.38. The number of hydrogen-bond acceptors (Lipinski definition) is 1. The molecule has 1 nitrogen and oxygen atoms in total. The van der Waals surface area contributed by atoms with Gasteiger partial charge in [0.1, 0.15) is 0 Å². The fourth-order valence-electron chi connectivity index (χ4n) is 1.85. The summed E-state index contributed by atoms with van der Waals surface area (Å²) in [5, 5.41) is 0.702. The molecule has 2 heteroatoms. The number of halogens is 1. The highest BCUT2D eigenvalue weighted by Crippen LogP contribution is 2.24. The average molecular weight is 259 g/mol. The lowest BCUT2D eigenvalue weighted by atomic mass is 9.97. The van der Waals surface area contributed by atoms with Gasteiger partial charge in [0.25, 0.3) is 0 Å². The molecule has 0 aromatic heterocycles. The summed E-state index contributed by atoms with van der Waals surface area (Å²) in [6.45, 7) is 3.82. The molecule has 0 bridgehead atoms. The lowest BCUT2D eigenvalue weighted by Crippen LogP contribution is -2.07. The predicted octanol–water partition coefficient (Wildman–Crippen LogP) is 4.85. The third-order valence-electron chi connectivity index (χ3n) is 2.83. The van der Waals surface area contributed by atoms with Crippen LogP contribution in [0.15, 0.2) is 48.5 Å². The van der Waals surface area contributed by atoms with E-state index in [1.807, 2.05) is 62.4 Å². The van der Waals surface area contributed by atoms with Gasteiger partial charge in [-0.15, -0.1) is 0 Å². The summed E-state index contributed by atoms with van der Waals surface area (Å²) >= 11 is 5.98. The maximum Gasteiger partial charge on any atom is 0.165 e. The quantitative estimate of drug-likeness (QED) is 0.720. The molecule has 0 radical (unpaired) electrons. The van der Waals surface area contributed by atoms with Gasteiger partial charge in [-0.2, -0.15) is 0 Å². The Morgan fingerprint density at radius 3 is 2.22 bits per heavy atom. The van der Waals surface area contributed by atoms with Gasteiger partial charge in [-0.25, -0.2) is 0 Å². The van der Waals surface area contributed by atoms with Crippen LogP contribution in [-0.2, 0) is 0 Å². The molecule has 0 unspecified atom stereocenters. The van der Waals surface area contributed by atoms with Crippen molar-refractivity contribution in [3.05, 3.63) is 59.1 Å². The van der Waals surface area contributed by atoms with Gasteiger partial charge in [-0.1, -0.05) is 55.8 Å². The Kier molecular flexibility index (Phi) is 3.83. The van der Waals surface area contributed by atoms with E-state index in [0.717, 1.165) is 16.7 Å². The summed E-state index contributed by atoms with van der Waals surface area (Å²) in [7, 11) is 0. The largest absolute Gasteiger partial charge is 0.294 e. The van der Waals surface area contributed by atoms with E-state index in [-0.39, 0.29) is 11.7 Å². The number of Topliss-reactive ketones (excluding diaryl/α,β-unsaturated/α-hetero) is 1. The predicted molar refractivity (Wildman–Crippen MR) is 76.1 cm³/mol. The highest BCUT2D eigenvalue weighted by molar-refractivity contribution is 6.30. The first-order valence-corrected chi connectivity index (χ1v) is 6.36. The molecule has 0 N–H and O–H groups in total. The molecule has 92 valence electrons. The molecule has 0 aliphatic rings. The summed E-state index contributed by atoms with van der Waals surface area (Å²) in [6.07, 6.45) is 0. The Morgan fingerprint density at radius 1 is 1.00 bits per heavy atom. The first-order valence-electron chi connectivity index (χ1n) is 5.98. The van der Waals surface area contributed by atoms with Gasteiger partial charge in [0.15, 0.2) is 5.78 Å². The van der Waals surface area contributed by atoms with Crippen LogP contribution in [0.25, 0.3) is 11.1 Å². The molecule has 0 aliphatic heterocycles. The Balaban J connectivity index is 2.42. The van der Waals surface area contributed by atoms with Crippen molar-refractivity contribution in [3.63, 3.8) is 0 Å². The minimum Gasteiger partial charge on any atom is -0.294 e. The Morgan fingerprint density at radius 2 is 1.61 bits per heavy atom. The maximum absolute atomic E-state index is 12.0. The Labute approximate surface area is 112 Å². The highest BCUT2D eigenvalue weighted by Gasteiger charge is 2.11. The van der Waals surface area contributed by atoms with Crippen molar-refractivity contribution in [2.24, 2.45) is 5.92 Å². The van der Waals surface area contributed by atoms with E-state index in [0.29, 0.717) is 5.02 Å². The van der Waals surface area contributed by atoms with Gasteiger partial charge in [0, 0.05) is 16.5 Å². The second-order valence-corrected chi connectivity index (χ2v) is 5.05. The zero-order valence-electron chi connectivity index (χ0n) is 10.5. The number of rotatable bonds is 3. The smallest absolute Gasteiger partial charge is 0.165 e. The molecule has 0 spiro atoms. The van der Waals surface area contributed by atoms with E-state index in [9.17, 15) is 4.79 Å². The second kappa shape index (κ2) is 5.36. The lowest BCUT2D eigenvalue weighted by Gasteiger charge is -2.07. The number of benzene rings is 2. The van der Waals surface area contributed by atoms with Crippen molar-refractivity contribution in [3.8, 4) is 11.1 Å². The zero-order valence-corrected chi connectivity index (χ0v) is 11.2. The molecule has 2 aromatic rings. The van der Waals surface area contributed by atoms with Crippen molar-refractivity contribution in [2.45, 2.75) is 13.8 Å². The maximum atomic E-state index is 12.0. The third-order valence-corrected chi connectivity index (χ3v) is 3.06. The number of hydrogen-bond donors (Lipinski definition) is 0. The van der Waals surface area contributed by atoms with Crippen molar-refractivity contribution < 1.29 is 4.79 Å². The van der Waals surface area contributed by atoms with Crippen LogP contribution in [0, 0.1) is 5.92 Å². The van der Waals surface area contributed by atoms with Crippen LogP contribution in [0.2, 0.25) is 5.02 Å². The van der Waals surface area contributed by atoms with E-state index in [1.165, 1.54) is 0 Å². The normalized spacial score (nSPS) is 10.7. The number of carbonyl (C=O) groups is 1. The van der Waals surface area contributed by atoms with Crippen molar-refractivity contribution in [1.82, 2.24) is 0 Å². The van der Waals surface area contributed by atoms with E-state index >= 15 is 0 Å². The molecule has 2 rings (SSSR count). The van der Waals surface area contributed by atoms with E-state index in [1.54, 1.807) is 0 Å². The SMILES string of the molecule is CC(C)C(=O)c1cccc(-c2cccc(Cl)c2)c1. The fourth-order valence-corrected chi connectivity index (χ4v) is 2.04. The van der Waals surface area contributed by atoms with Gasteiger partial charge in [0.05, 0.1) is 0 Å². The van der Waals surface area contributed by atoms with Gasteiger partial charge < -0.3 is 0 Å². The van der Waals surface area contributed by atoms with Crippen LogP contribution in [-0.4, -0.2) is 5.78 Å². The van der Waals surface area contributed by atoms with E-state index < -0.39 is 0 Å². The summed E-state index contributed by atoms with van der Waals surface area (Å²) in [5.74, 6) is 0.179. The molecular weight excluding hydrogens is 244 g/mol. The molecule has 0 saturated heterocycles. The van der Waals surface area contributed by atoms with Gasteiger partial charge in [-0.05, 0) is 29.3 Å². The van der Waals surface area contributed by atoms with E-state index in [4.69, 9.17) is 11.6 Å². The topological polar surface area (TPSA) is 17.1 Å². The van der Waals surface area contributed by atoms with Crippen LogP contribution < -0.4 is 0 Å². The Bertz CT molecular complexity index is 573. The Hall–Kier alpha value is -1.60. The van der Waals surface area contributed by atoms with Crippen molar-refractivity contribution in [2.75, 3.05) is 0 Å². The van der Waals surface area contributed by atoms with Crippen LogP contribution in [0.1, 0.15) is 24.2 Å². The third kappa shape index (κ3) is 2.80. The molecule has 0 heterocycles. The van der Waals surface area contributed by atoms with Crippen molar-refractivity contribution >= 4 is 17.4 Å². The van der Waals surface area contributed by atoms with Crippen LogP contribution >= 0.6 is 11.6 Å². The van der Waals surface area contributed by atoms with Crippen LogP contribution in [0.4, 0.5) is 0 Å².